The second-order valence-corrected chi connectivity index (χ2v) is 5.21. The maximum Gasteiger partial charge on any atom is 0.162 e. The van der Waals surface area contributed by atoms with Gasteiger partial charge in [0.25, 0.3) is 0 Å². The van der Waals surface area contributed by atoms with E-state index in [1.165, 1.54) is 6.20 Å². The van der Waals surface area contributed by atoms with E-state index in [0.717, 1.165) is 11.1 Å². The van der Waals surface area contributed by atoms with E-state index in [4.69, 9.17) is 14.2 Å². The van der Waals surface area contributed by atoms with E-state index in [1.807, 2.05) is 30.3 Å². The van der Waals surface area contributed by atoms with E-state index in [-0.39, 0.29) is 0 Å². The van der Waals surface area contributed by atoms with Gasteiger partial charge in [-0.3, -0.25) is 4.98 Å². The first-order valence-corrected chi connectivity index (χ1v) is 7.56. The Balaban J connectivity index is 2.14. The molecule has 126 valence electrons. The van der Waals surface area contributed by atoms with Gasteiger partial charge in [0.15, 0.2) is 11.5 Å². The molecule has 0 spiro atoms. The lowest BCUT2D eigenvalue weighted by Crippen LogP contribution is -1.99. The minimum atomic E-state index is 0.440. The predicted octanol–water partition coefficient (Wildman–Crippen LogP) is 3.88. The molecule has 2 aromatic carbocycles. The van der Waals surface area contributed by atoms with Gasteiger partial charge in [-0.2, -0.15) is 5.26 Å². The van der Waals surface area contributed by atoms with Crippen LogP contribution in [0.3, 0.4) is 0 Å². The average Bonchev–Trinajstić information content (AvgIpc) is 2.67. The minimum absolute atomic E-state index is 0.440. The molecule has 0 saturated heterocycles. The van der Waals surface area contributed by atoms with Crippen molar-refractivity contribution in [3.8, 4) is 23.3 Å². The number of anilines is 2. The van der Waals surface area contributed by atoms with E-state index in [1.54, 1.807) is 27.4 Å². The Morgan fingerprint density at radius 3 is 2.40 bits per heavy atom. The fourth-order valence-electron chi connectivity index (χ4n) is 2.64. The molecule has 0 unspecified atom stereocenters. The Bertz CT molecular complexity index is 964. The summed E-state index contributed by atoms with van der Waals surface area (Å²) in [5, 5.41) is 13.5. The second kappa shape index (κ2) is 6.97. The fraction of sp³-hybridized carbons (Fsp3) is 0.158. The number of fused-ring (bicyclic) bond motifs is 1. The van der Waals surface area contributed by atoms with Gasteiger partial charge in [-0.1, -0.05) is 12.1 Å². The summed E-state index contributed by atoms with van der Waals surface area (Å²) in [6, 6.07) is 13.2. The summed E-state index contributed by atoms with van der Waals surface area (Å²) in [6.07, 6.45) is 1.54. The van der Waals surface area contributed by atoms with Crippen LogP contribution >= 0.6 is 0 Å². The van der Waals surface area contributed by atoms with Crippen LogP contribution in [0, 0.1) is 11.3 Å². The van der Waals surface area contributed by atoms with Gasteiger partial charge >= 0.3 is 0 Å². The number of nitrogens with one attached hydrogen (secondary N) is 1. The van der Waals surface area contributed by atoms with Crippen LogP contribution in [0.25, 0.3) is 10.9 Å². The van der Waals surface area contributed by atoms with Crippen LogP contribution in [0.1, 0.15) is 5.56 Å². The van der Waals surface area contributed by atoms with E-state index < -0.39 is 0 Å². The molecular formula is C19H17N3O3. The predicted molar refractivity (Wildman–Crippen MR) is 95.8 cm³/mol. The third-order valence-electron chi connectivity index (χ3n) is 3.85. The molecule has 0 bridgehead atoms. The van der Waals surface area contributed by atoms with Crippen LogP contribution in [0.4, 0.5) is 11.4 Å². The van der Waals surface area contributed by atoms with Crippen molar-refractivity contribution in [1.82, 2.24) is 4.98 Å². The summed E-state index contributed by atoms with van der Waals surface area (Å²) in [7, 11) is 4.76. The number of pyridine rings is 1. The highest BCUT2D eigenvalue weighted by atomic mass is 16.5. The molecule has 0 aliphatic rings. The number of benzene rings is 2. The van der Waals surface area contributed by atoms with Crippen LogP contribution in [0.15, 0.2) is 42.6 Å². The molecule has 0 aliphatic carbocycles. The number of hydrogen-bond donors (Lipinski definition) is 1. The van der Waals surface area contributed by atoms with Gasteiger partial charge in [0, 0.05) is 23.3 Å². The Morgan fingerprint density at radius 1 is 0.960 bits per heavy atom. The van der Waals surface area contributed by atoms with Crippen LogP contribution in [-0.2, 0) is 0 Å². The van der Waals surface area contributed by atoms with E-state index in [0.29, 0.717) is 34.0 Å². The van der Waals surface area contributed by atoms with Crippen LogP contribution in [-0.4, -0.2) is 26.3 Å². The van der Waals surface area contributed by atoms with Gasteiger partial charge in [0.05, 0.1) is 32.6 Å². The van der Waals surface area contributed by atoms with Crippen molar-refractivity contribution in [2.24, 2.45) is 0 Å². The van der Waals surface area contributed by atoms with Crippen molar-refractivity contribution in [3.05, 3.63) is 48.2 Å². The smallest absolute Gasteiger partial charge is 0.162 e. The van der Waals surface area contributed by atoms with Crippen molar-refractivity contribution in [1.29, 1.82) is 5.26 Å². The number of nitrogens with zero attached hydrogens (tertiary/aromatic N) is 2. The van der Waals surface area contributed by atoms with Crippen molar-refractivity contribution in [2.45, 2.75) is 0 Å². The first kappa shape index (κ1) is 16.4. The Hall–Kier alpha value is -3.46. The number of hydrogen-bond acceptors (Lipinski definition) is 6. The van der Waals surface area contributed by atoms with Crippen LogP contribution < -0.4 is 19.5 Å². The quantitative estimate of drug-likeness (QED) is 0.762. The molecule has 3 aromatic rings. The van der Waals surface area contributed by atoms with Gasteiger partial charge in [-0.15, -0.1) is 0 Å². The van der Waals surface area contributed by atoms with Crippen LogP contribution in [0.2, 0.25) is 0 Å². The van der Waals surface area contributed by atoms with E-state index >= 15 is 0 Å². The van der Waals surface area contributed by atoms with Crippen molar-refractivity contribution in [2.75, 3.05) is 26.6 Å². The zero-order valence-electron chi connectivity index (χ0n) is 14.2. The fourth-order valence-corrected chi connectivity index (χ4v) is 2.64. The SMILES string of the molecule is COc1ccc(Nc2c(C#N)cnc3c(OC)cccc23)cc1OC. The largest absolute Gasteiger partial charge is 0.494 e. The number of nitriles is 1. The van der Waals surface area contributed by atoms with E-state index in [9.17, 15) is 5.26 Å². The molecule has 1 N–H and O–H groups in total. The first-order chi connectivity index (χ1) is 12.2. The number of ether oxygens (including phenoxy) is 3. The maximum atomic E-state index is 9.46. The Morgan fingerprint density at radius 2 is 1.72 bits per heavy atom. The summed E-state index contributed by atoms with van der Waals surface area (Å²) >= 11 is 0. The normalized spacial score (nSPS) is 10.2. The molecule has 0 aliphatic heterocycles. The molecule has 0 radical (unpaired) electrons. The van der Waals surface area contributed by atoms with Gasteiger partial charge in [-0.05, 0) is 18.2 Å². The topological polar surface area (TPSA) is 76.4 Å². The highest BCUT2D eigenvalue weighted by Gasteiger charge is 2.13. The first-order valence-electron chi connectivity index (χ1n) is 7.56. The summed E-state index contributed by atoms with van der Waals surface area (Å²) in [5.74, 6) is 1.88. The van der Waals surface area contributed by atoms with Crippen molar-refractivity contribution in [3.63, 3.8) is 0 Å². The zero-order valence-corrected chi connectivity index (χ0v) is 14.2. The lowest BCUT2D eigenvalue weighted by atomic mass is 10.1. The summed E-state index contributed by atoms with van der Waals surface area (Å²) in [5.41, 5.74) is 2.56. The average molecular weight is 335 g/mol. The van der Waals surface area contributed by atoms with Crippen molar-refractivity contribution >= 4 is 22.3 Å². The maximum absolute atomic E-state index is 9.46. The van der Waals surface area contributed by atoms with Gasteiger partial charge in [-0.25, -0.2) is 0 Å². The molecule has 6 heteroatoms. The van der Waals surface area contributed by atoms with E-state index in [2.05, 4.69) is 16.4 Å². The number of methoxy groups -OCH3 is 3. The molecule has 1 aromatic heterocycles. The highest BCUT2D eigenvalue weighted by Crippen LogP contribution is 2.35. The van der Waals surface area contributed by atoms with Gasteiger partial charge in [0.2, 0.25) is 0 Å². The van der Waals surface area contributed by atoms with Gasteiger partial charge in [0.1, 0.15) is 17.3 Å². The minimum Gasteiger partial charge on any atom is -0.494 e. The number of para-hydroxylation sites is 1. The Labute approximate surface area is 145 Å². The lowest BCUT2D eigenvalue weighted by molar-refractivity contribution is 0.355. The Kier molecular flexibility index (Phi) is 4.57. The molecular weight excluding hydrogens is 318 g/mol. The molecule has 25 heavy (non-hydrogen) atoms. The number of rotatable bonds is 5. The van der Waals surface area contributed by atoms with Crippen molar-refractivity contribution < 1.29 is 14.2 Å². The lowest BCUT2D eigenvalue weighted by Gasteiger charge is -2.14. The molecule has 3 rings (SSSR count). The molecule has 6 nitrogen and oxygen atoms in total. The standard InChI is InChI=1S/C19H17N3O3/c1-23-15-8-7-13(9-17(15)25-3)22-18-12(10-20)11-21-19-14(18)5-4-6-16(19)24-2/h4-9,11H,1-3H3,(H,21,22). The summed E-state index contributed by atoms with van der Waals surface area (Å²) in [4.78, 5) is 4.35. The zero-order chi connectivity index (χ0) is 17.8. The summed E-state index contributed by atoms with van der Waals surface area (Å²) in [6.45, 7) is 0. The number of aromatic nitrogens is 1. The molecule has 0 atom stereocenters. The third kappa shape index (κ3) is 3.00. The third-order valence-corrected chi connectivity index (χ3v) is 3.85. The summed E-state index contributed by atoms with van der Waals surface area (Å²) < 4.78 is 16.0. The highest BCUT2D eigenvalue weighted by molar-refractivity contribution is 5.98. The molecule has 0 saturated carbocycles. The molecule has 0 amide bonds. The monoisotopic (exact) mass is 335 g/mol. The molecule has 1 heterocycles. The molecule has 0 fully saturated rings. The van der Waals surface area contributed by atoms with Crippen LogP contribution in [0.5, 0.6) is 17.2 Å². The second-order valence-electron chi connectivity index (χ2n) is 5.21. The van der Waals surface area contributed by atoms with Gasteiger partial charge < -0.3 is 19.5 Å².